The summed E-state index contributed by atoms with van der Waals surface area (Å²) in [6.45, 7) is -0.218. The number of aryl methyl sites for hydroxylation is 2. The Bertz CT molecular complexity index is 1420. The standard InChI is InChI=1S/C27H25F3N2O5.ClH/c1-32-23-13-19(35-2)10-11-22(23)31-25(32)16-36-20-9-7-17(8-12-26(33)34)24(14-20)37-15-18-5-3-4-6-21(18)27(28,29)30;/h3-7,9-11,13-14H,8,12,15-16H2,1-2H3,(H,33,34);1H. The Morgan fingerprint density at radius 3 is 2.42 bits per heavy atom. The number of ether oxygens (including phenoxy) is 3. The molecule has 0 atom stereocenters. The second kappa shape index (κ2) is 12.1. The first-order chi connectivity index (χ1) is 17.7. The Morgan fingerprint density at radius 2 is 1.71 bits per heavy atom. The number of nitrogens with zero attached hydrogens (tertiary/aromatic N) is 2. The van der Waals surface area contributed by atoms with Crippen molar-refractivity contribution in [1.29, 1.82) is 0 Å². The number of alkyl halides is 3. The highest BCUT2D eigenvalue weighted by Gasteiger charge is 2.33. The van der Waals surface area contributed by atoms with E-state index in [1.54, 1.807) is 25.3 Å². The van der Waals surface area contributed by atoms with E-state index in [2.05, 4.69) is 4.98 Å². The monoisotopic (exact) mass is 550 g/mol. The maximum absolute atomic E-state index is 13.4. The van der Waals surface area contributed by atoms with Gasteiger partial charge < -0.3 is 23.9 Å². The molecule has 0 bridgehead atoms. The van der Waals surface area contributed by atoms with E-state index in [9.17, 15) is 18.0 Å². The van der Waals surface area contributed by atoms with E-state index >= 15 is 0 Å². The van der Waals surface area contributed by atoms with Crippen LogP contribution in [0.4, 0.5) is 13.2 Å². The van der Waals surface area contributed by atoms with Crippen LogP contribution < -0.4 is 14.2 Å². The van der Waals surface area contributed by atoms with E-state index in [4.69, 9.17) is 19.3 Å². The lowest BCUT2D eigenvalue weighted by atomic mass is 10.1. The highest BCUT2D eigenvalue weighted by atomic mass is 35.5. The number of hydrogen-bond donors (Lipinski definition) is 1. The van der Waals surface area contributed by atoms with Crippen molar-refractivity contribution in [2.24, 2.45) is 7.05 Å². The van der Waals surface area contributed by atoms with E-state index in [0.717, 1.165) is 17.1 Å². The molecule has 4 rings (SSSR count). The Hall–Kier alpha value is -3.92. The molecule has 1 heterocycles. The van der Waals surface area contributed by atoms with Gasteiger partial charge in [-0.3, -0.25) is 4.79 Å². The van der Waals surface area contributed by atoms with E-state index in [1.807, 2.05) is 29.8 Å². The summed E-state index contributed by atoms with van der Waals surface area (Å²) in [5, 5.41) is 9.08. The number of methoxy groups -OCH3 is 1. The van der Waals surface area contributed by atoms with Crippen molar-refractivity contribution in [2.75, 3.05) is 7.11 Å². The molecule has 0 aliphatic rings. The maximum atomic E-state index is 13.4. The number of halogens is 4. The predicted octanol–water partition coefficient (Wildman–Crippen LogP) is 6.20. The van der Waals surface area contributed by atoms with Crippen LogP contribution in [-0.4, -0.2) is 27.7 Å². The number of aliphatic carboxylic acids is 1. The van der Waals surface area contributed by atoms with Crippen LogP contribution in [0.5, 0.6) is 17.2 Å². The highest BCUT2D eigenvalue weighted by Crippen LogP contribution is 2.33. The van der Waals surface area contributed by atoms with E-state index in [1.165, 1.54) is 18.2 Å². The molecule has 38 heavy (non-hydrogen) atoms. The smallest absolute Gasteiger partial charge is 0.416 e. The average Bonchev–Trinajstić information content (AvgIpc) is 3.19. The third kappa shape index (κ3) is 6.69. The van der Waals surface area contributed by atoms with E-state index in [-0.39, 0.29) is 49.8 Å². The van der Waals surface area contributed by atoms with Crippen molar-refractivity contribution in [1.82, 2.24) is 9.55 Å². The molecule has 0 amide bonds. The number of aromatic nitrogens is 2. The van der Waals surface area contributed by atoms with Gasteiger partial charge in [-0.25, -0.2) is 4.98 Å². The molecule has 11 heteroatoms. The van der Waals surface area contributed by atoms with Gasteiger partial charge in [0.05, 0.1) is 23.7 Å². The van der Waals surface area contributed by atoms with Crippen LogP contribution in [0.15, 0.2) is 60.7 Å². The molecule has 7 nitrogen and oxygen atoms in total. The van der Waals surface area contributed by atoms with Crippen molar-refractivity contribution >= 4 is 29.4 Å². The second-order valence-corrected chi connectivity index (χ2v) is 8.34. The maximum Gasteiger partial charge on any atom is 0.416 e. The number of imidazole rings is 1. The van der Waals surface area contributed by atoms with Crippen molar-refractivity contribution < 1.29 is 37.3 Å². The highest BCUT2D eigenvalue weighted by molar-refractivity contribution is 5.85. The number of carboxylic acids is 1. The molecule has 0 aliphatic carbocycles. The first-order valence-electron chi connectivity index (χ1n) is 11.4. The lowest BCUT2D eigenvalue weighted by molar-refractivity contribution is -0.139. The predicted molar refractivity (Wildman–Crippen MR) is 137 cm³/mol. The van der Waals surface area contributed by atoms with Crippen molar-refractivity contribution in [3.63, 3.8) is 0 Å². The summed E-state index contributed by atoms with van der Waals surface area (Å²) in [6.07, 6.45) is -4.52. The third-order valence-electron chi connectivity index (χ3n) is 5.90. The van der Waals surface area contributed by atoms with Crippen molar-refractivity contribution in [2.45, 2.75) is 32.2 Å². The zero-order valence-electron chi connectivity index (χ0n) is 20.6. The number of rotatable bonds is 10. The molecule has 0 saturated carbocycles. The largest absolute Gasteiger partial charge is 0.497 e. The van der Waals surface area contributed by atoms with Crippen LogP contribution in [0.2, 0.25) is 0 Å². The molecule has 0 unspecified atom stereocenters. The Morgan fingerprint density at radius 1 is 0.974 bits per heavy atom. The minimum atomic E-state index is -4.52. The minimum Gasteiger partial charge on any atom is -0.497 e. The number of fused-ring (bicyclic) bond motifs is 1. The number of carboxylic acid groups (broad SMARTS) is 1. The molecule has 0 spiro atoms. The molecule has 0 aliphatic heterocycles. The minimum absolute atomic E-state index is 0. The van der Waals surface area contributed by atoms with Gasteiger partial charge in [-0.15, -0.1) is 12.4 Å². The van der Waals surface area contributed by atoms with Crippen LogP contribution >= 0.6 is 12.4 Å². The molecule has 0 radical (unpaired) electrons. The molecular formula is C27H26ClF3N2O5. The molecule has 0 fully saturated rings. The van der Waals surface area contributed by atoms with Crippen LogP contribution in [-0.2, 0) is 37.7 Å². The van der Waals surface area contributed by atoms with Gasteiger partial charge in [-0.05, 0) is 36.2 Å². The average molecular weight is 551 g/mol. The molecule has 202 valence electrons. The molecule has 1 aromatic heterocycles. The van der Waals surface area contributed by atoms with Gasteiger partial charge in [0.1, 0.15) is 36.3 Å². The first-order valence-corrected chi connectivity index (χ1v) is 11.4. The van der Waals surface area contributed by atoms with E-state index < -0.39 is 17.7 Å². The summed E-state index contributed by atoms with van der Waals surface area (Å²) < 4.78 is 59.0. The fraction of sp³-hybridized carbons (Fsp3) is 0.259. The second-order valence-electron chi connectivity index (χ2n) is 8.34. The van der Waals surface area contributed by atoms with Gasteiger partial charge in [0, 0.05) is 31.2 Å². The first kappa shape index (κ1) is 28.6. The van der Waals surface area contributed by atoms with Crippen LogP contribution in [0, 0.1) is 0 Å². The lowest BCUT2D eigenvalue weighted by Gasteiger charge is -2.16. The summed E-state index contributed by atoms with van der Waals surface area (Å²) in [6, 6.07) is 15.6. The zero-order chi connectivity index (χ0) is 26.6. The zero-order valence-corrected chi connectivity index (χ0v) is 21.4. The van der Waals surface area contributed by atoms with E-state index in [0.29, 0.717) is 22.9 Å². The fourth-order valence-corrected chi connectivity index (χ4v) is 3.91. The Kier molecular flexibility index (Phi) is 9.11. The quantitative estimate of drug-likeness (QED) is 0.253. The van der Waals surface area contributed by atoms with Crippen molar-refractivity contribution in [3.05, 3.63) is 83.2 Å². The number of hydrogen-bond acceptors (Lipinski definition) is 5. The summed E-state index contributed by atoms with van der Waals surface area (Å²) in [5.41, 5.74) is 1.38. The van der Waals surface area contributed by atoms with Gasteiger partial charge in [-0.2, -0.15) is 13.2 Å². The lowest BCUT2D eigenvalue weighted by Crippen LogP contribution is -2.11. The number of carbonyl (C=O) groups is 1. The van der Waals surface area contributed by atoms with Gasteiger partial charge in [0.2, 0.25) is 0 Å². The van der Waals surface area contributed by atoms with Gasteiger partial charge in [-0.1, -0.05) is 24.3 Å². The summed E-state index contributed by atoms with van der Waals surface area (Å²) in [4.78, 5) is 15.7. The van der Waals surface area contributed by atoms with Gasteiger partial charge >= 0.3 is 12.1 Å². The topological polar surface area (TPSA) is 82.8 Å². The summed E-state index contributed by atoms with van der Waals surface area (Å²) in [5.74, 6) is 1.02. The summed E-state index contributed by atoms with van der Waals surface area (Å²) in [7, 11) is 3.44. The SMILES string of the molecule is COc1ccc2nc(COc3ccc(CCC(=O)O)c(OCc4ccccc4C(F)(F)F)c3)n(C)c2c1.Cl. The third-order valence-corrected chi connectivity index (χ3v) is 5.90. The summed E-state index contributed by atoms with van der Waals surface area (Å²) >= 11 is 0. The van der Waals surface area contributed by atoms with Crippen LogP contribution in [0.1, 0.15) is 28.9 Å². The fourth-order valence-electron chi connectivity index (χ4n) is 3.91. The normalized spacial score (nSPS) is 11.2. The van der Waals surface area contributed by atoms with Gasteiger partial charge in [0.15, 0.2) is 0 Å². The molecular weight excluding hydrogens is 525 g/mol. The Balaban J connectivity index is 0.00000400. The van der Waals surface area contributed by atoms with Crippen LogP contribution in [0.3, 0.4) is 0 Å². The van der Waals surface area contributed by atoms with Crippen molar-refractivity contribution in [3.8, 4) is 17.2 Å². The molecule has 3 aromatic carbocycles. The number of benzene rings is 3. The van der Waals surface area contributed by atoms with Gasteiger partial charge in [0.25, 0.3) is 0 Å². The van der Waals surface area contributed by atoms with Crippen LogP contribution in [0.25, 0.3) is 11.0 Å². The Labute approximate surface area is 223 Å². The molecule has 1 N–H and O–H groups in total. The molecule has 4 aromatic rings. The molecule has 0 saturated heterocycles.